The van der Waals surface area contributed by atoms with Crippen LogP contribution < -0.4 is 0 Å². The van der Waals surface area contributed by atoms with Gasteiger partial charge in [0.1, 0.15) is 0 Å². The summed E-state index contributed by atoms with van der Waals surface area (Å²) in [5.74, 6) is 0. The first kappa shape index (κ1) is 8.75. The van der Waals surface area contributed by atoms with Gasteiger partial charge in [0.2, 0.25) is 0 Å². The van der Waals surface area contributed by atoms with E-state index >= 15 is 0 Å². The van der Waals surface area contributed by atoms with Crippen molar-refractivity contribution in [3.8, 4) is 0 Å². The molecule has 2 nitrogen and oxygen atoms in total. The van der Waals surface area contributed by atoms with Crippen LogP contribution in [0.3, 0.4) is 0 Å². The van der Waals surface area contributed by atoms with E-state index in [1.54, 1.807) is 0 Å². The number of aliphatic hydroxyl groups excluding tert-OH is 1. The number of rotatable bonds is 4. The van der Waals surface area contributed by atoms with E-state index in [-0.39, 0.29) is 0 Å². The standard InChI is InChI=1S/C9H16O2/c10-7-3-1-5-9-6-2-4-8-11-9/h2,4,9-10H,1,3,5-8H2. The highest BCUT2D eigenvalue weighted by atomic mass is 16.5. The molecule has 0 amide bonds. The highest BCUT2D eigenvalue weighted by Crippen LogP contribution is 2.12. The van der Waals surface area contributed by atoms with Gasteiger partial charge in [0.25, 0.3) is 0 Å². The number of aliphatic hydroxyl groups is 1. The Bertz CT molecular complexity index is 121. The smallest absolute Gasteiger partial charge is 0.0651 e. The maximum Gasteiger partial charge on any atom is 0.0651 e. The Morgan fingerprint density at radius 1 is 1.36 bits per heavy atom. The normalized spacial score (nSPS) is 23.9. The Morgan fingerprint density at radius 2 is 2.27 bits per heavy atom. The van der Waals surface area contributed by atoms with E-state index in [9.17, 15) is 0 Å². The summed E-state index contributed by atoms with van der Waals surface area (Å²) in [6.45, 7) is 1.08. The van der Waals surface area contributed by atoms with Gasteiger partial charge in [-0.2, -0.15) is 0 Å². The molecule has 0 spiro atoms. The third-order valence-electron chi connectivity index (χ3n) is 1.93. The molecule has 1 atom stereocenters. The Hall–Kier alpha value is -0.340. The van der Waals surface area contributed by atoms with Gasteiger partial charge in [-0.25, -0.2) is 0 Å². The van der Waals surface area contributed by atoms with Crippen molar-refractivity contribution in [3.05, 3.63) is 12.2 Å². The van der Waals surface area contributed by atoms with Gasteiger partial charge in [0.15, 0.2) is 0 Å². The molecule has 2 heteroatoms. The Kier molecular flexibility index (Phi) is 4.24. The van der Waals surface area contributed by atoms with Crippen LogP contribution in [0.2, 0.25) is 0 Å². The van der Waals surface area contributed by atoms with Crippen LogP contribution in [0.5, 0.6) is 0 Å². The molecule has 0 radical (unpaired) electrons. The molecule has 0 aromatic rings. The van der Waals surface area contributed by atoms with Gasteiger partial charge in [0, 0.05) is 6.61 Å². The van der Waals surface area contributed by atoms with E-state index in [0.717, 1.165) is 32.3 Å². The molecule has 1 rings (SSSR count). The Labute approximate surface area is 67.9 Å². The lowest BCUT2D eigenvalue weighted by molar-refractivity contribution is 0.0589. The molecule has 1 unspecified atom stereocenters. The van der Waals surface area contributed by atoms with E-state index in [4.69, 9.17) is 9.84 Å². The molecule has 11 heavy (non-hydrogen) atoms. The van der Waals surface area contributed by atoms with Gasteiger partial charge in [-0.05, 0) is 25.7 Å². The molecular formula is C9H16O2. The summed E-state index contributed by atoms with van der Waals surface area (Å²) in [6.07, 6.45) is 8.76. The topological polar surface area (TPSA) is 29.5 Å². The number of hydrogen-bond donors (Lipinski definition) is 1. The van der Waals surface area contributed by atoms with Crippen LogP contribution in [0, 0.1) is 0 Å². The van der Waals surface area contributed by atoms with Crippen molar-refractivity contribution >= 4 is 0 Å². The maximum atomic E-state index is 8.54. The predicted molar refractivity (Wildman–Crippen MR) is 44.4 cm³/mol. The van der Waals surface area contributed by atoms with Crippen molar-refractivity contribution < 1.29 is 9.84 Å². The van der Waals surface area contributed by atoms with Crippen molar-refractivity contribution in [1.82, 2.24) is 0 Å². The maximum absolute atomic E-state index is 8.54. The fraction of sp³-hybridized carbons (Fsp3) is 0.778. The van der Waals surface area contributed by atoms with Crippen molar-refractivity contribution in [2.24, 2.45) is 0 Å². The van der Waals surface area contributed by atoms with Crippen molar-refractivity contribution in [2.75, 3.05) is 13.2 Å². The molecule has 0 aliphatic carbocycles. The highest BCUT2D eigenvalue weighted by molar-refractivity contribution is 4.88. The molecule has 0 saturated heterocycles. The predicted octanol–water partition coefficient (Wildman–Crippen LogP) is 1.49. The van der Waals surface area contributed by atoms with Crippen LogP contribution in [-0.2, 0) is 4.74 Å². The van der Waals surface area contributed by atoms with E-state index < -0.39 is 0 Å². The summed E-state index contributed by atoms with van der Waals surface area (Å²) >= 11 is 0. The molecular weight excluding hydrogens is 140 g/mol. The summed E-state index contributed by atoms with van der Waals surface area (Å²) in [6, 6.07) is 0. The summed E-state index contributed by atoms with van der Waals surface area (Å²) in [4.78, 5) is 0. The van der Waals surface area contributed by atoms with Gasteiger partial charge in [-0.15, -0.1) is 0 Å². The SMILES string of the molecule is OCCCCC1CC=CCO1. The van der Waals surface area contributed by atoms with Crippen LogP contribution in [0.4, 0.5) is 0 Å². The monoisotopic (exact) mass is 156 g/mol. The first-order valence-corrected chi connectivity index (χ1v) is 4.31. The molecule has 1 heterocycles. The fourth-order valence-corrected chi connectivity index (χ4v) is 1.26. The lowest BCUT2D eigenvalue weighted by Crippen LogP contribution is -2.15. The van der Waals surface area contributed by atoms with Gasteiger partial charge in [-0.1, -0.05) is 12.2 Å². The van der Waals surface area contributed by atoms with Crippen LogP contribution in [0.1, 0.15) is 25.7 Å². The van der Waals surface area contributed by atoms with Crippen LogP contribution in [0.15, 0.2) is 12.2 Å². The second kappa shape index (κ2) is 5.33. The zero-order chi connectivity index (χ0) is 7.94. The minimum absolute atomic E-state index is 0.308. The second-order valence-electron chi connectivity index (χ2n) is 2.88. The van der Waals surface area contributed by atoms with Crippen molar-refractivity contribution in [1.29, 1.82) is 0 Å². The molecule has 0 aromatic heterocycles. The van der Waals surface area contributed by atoms with Gasteiger partial charge in [0.05, 0.1) is 12.7 Å². The van der Waals surface area contributed by atoms with E-state index in [1.807, 2.05) is 0 Å². The average Bonchev–Trinajstić information content (AvgIpc) is 2.07. The highest BCUT2D eigenvalue weighted by Gasteiger charge is 2.08. The van der Waals surface area contributed by atoms with Crippen molar-refractivity contribution in [2.45, 2.75) is 31.8 Å². The first-order valence-electron chi connectivity index (χ1n) is 4.31. The molecule has 0 saturated carbocycles. The first-order chi connectivity index (χ1) is 5.43. The molecule has 1 N–H and O–H groups in total. The van der Waals surface area contributed by atoms with Gasteiger partial charge >= 0.3 is 0 Å². The summed E-state index contributed by atoms with van der Waals surface area (Å²) in [5.41, 5.74) is 0. The van der Waals surface area contributed by atoms with Gasteiger partial charge < -0.3 is 9.84 Å². The van der Waals surface area contributed by atoms with Crippen LogP contribution in [-0.4, -0.2) is 24.4 Å². The summed E-state index contributed by atoms with van der Waals surface area (Å²) in [7, 11) is 0. The minimum atomic E-state index is 0.308. The van der Waals surface area contributed by atoms with Crippen LogP contribution >= 0.6 is 0 Å². The summed E-state index contributed by atoms with van der Waals surface area (Å²) < 4.78 is 5.46. The molecule has 0 fully saturated rings. The Balaban J connectivity index is 2.02. The summed E-state index contributed by atoms with van der Waals surface area (Å²) in [5, 5.41) is 8.54. The minimum Gasteiger partial charge on any atom is -0.396 e. The van der Waals surface area contributed by atoms with E-state index in [1.165, 1.54) is 0 Å². The molecule has 1 aliphatic rings. The average molecular weight is 156 g/mol. The number of ether oxygens (including phenoxy) is 1. The van der Waals surface area contributed by atoms with Crippen molar-refractivity contribution in [3.63, 3.8) is 0 Å². The quantitative estimate of drug-likeness (QED) is 0.493. The number of unbranched alkanes of at least 4 members (excludes halogenated alkanes) is 1. The van der Waals surface area contributed by atoms with E-state index in [0.29, 0.717) is 12.7 Å². The third kappa shape index (κ3) is 3.54. The van der Waals surface area contributed by atoms with Gasteiger partial charge in [-0.3, -0.25) is 0 Å². The second-order valence-corrected chi connectivity index (χ2v) is 2.88. The lowest BCUT2D eigenvalue weighted by atomic mass is 10.1. The molecule has 1 aliphatic heterocycles. The molecule has 0 bridgehead atoms. The molecule has 64 valence electrons. The Morgan fingerprint density at radius 3 is 2.91 bits per heavy atom. The third-order valence-corrected chi connectivity index (χ3v) is 1.93. The molecule has 0 aromatic carbocycles. The lowest BCUT2D eigenvalue weighted by Gasteiger charge is -2.18. The zero-order valence-corrected chi connectivity index (χ0v) is 6.83. The fourth-order valence-electron chi connectivity index (χ4n) is 1.26. The zero-order valence-electron chi connectivity index (χ0n) is 6.83. The van der Waals surface area contributed by atoms with Crippen LogP contribution in [0.25, 0.3) is 0 Å². The largest absolute Gasteiger partial charge is 0.396 e. The van der Waals surface area contributed by atoms with E-state index in [2.05, 4.69) is 12.2 Å². The number of hydrogen-bond acceptors (Lipinski definition) is 2.